The molecule has 2 N–H and O–H groups in total. The van der Waals surface area contributed by atoms with Gasteiger partial charge in [-0.15, -0.1) is 0 Å². The molecule has 9 heteroatoms. The highest BCUT2D eigenvalue weighted by atomic mass is 32.2. The van der Waals surface area contributed by atoms with Crippen LogP contribution in [0.25, 0.3) is 0 Å². The number of hydrogen-bond donors (Lipinski definition) is 2. The summed E-state index contributed by atoms with van der Waals surface area (Å²) in [4.78, 5) is 23.0. The lowest BCUT2D eigenvalue weighted by Crippen LogP contribution is -2.52. The zero-order valence-corrected chi connectivity index (χ0v) is 12.6. The molecule has 2 atom stereocenters. The SMILES string of the molecule is CCOC(=O)C1CCCN1S(=O)(=O)NC(C(=O)O)C1CC1. The fraction of sp³-hybridized carbons (Fsp3) is 0.833. The van der Waals surface area contributed by atoms with Crippen LogP contribution < -0.4 is 4.72 Å². The lowest BCUT2D eigenvalue weighted by molar-refractivity contribution is -0.146. The molecule has 2 rings (SSSR count). The zero-order valence-electron chi connectivity index (χ0n) is 11.8. The molecule has 120 valence electrons. The molecule has 21 heavy (non-hydrogen) atoms. The van der Waals surface area contributed by atoms with Crippen LogP contribution in [0.1, 0.15) is 32.6 Å². The van der Waals surface area contributed by atoms with E-state index in [-0.39, 0.29) is 19.1 Å². The van der Waals surface area contributed by atoms with Crippen LogP contribution in [0.4, 0.5) is 0 Å². The van der Waals surface area contributed by atoms with Gasteiger partial charge in [-0.3, -0.25) is 9.59 Å². The lowest BCUT2D eigenvalue weighted by Gasteiger charge is -2.24. The molecule has 1 saturated heterocycles. The van der Waals surface area contributed by atoms with Crippen LogP contribution in [0.3, 0.4) is 0 Å². The number of carbonyl (C=O) groups excluding carboxylic acids is 1. The summed E-state index contributed by atoms with van der Waals surface area (Å²) in [6.07, 6.45) is 2.33. The molecular weight excluding hydrogens is 300 g/mol. The molecule has 2 fully saturated rings. The second-order valence-corrected chi connectivity index (χ2v) is 6.95. The first-order valence-corrected chi connectivity index (χ1v) is 8.49. The number of carboxylic acid groups (broad SMARTS) is 1. The molecule has 2 aliphatic rings. The average molecular weight is 320 g/mol. The van der Waals surface area contributed by atoms with Crippen LogP contribution in [0.5, 0.6) is 0 Å². The summed E-state index contributed by atoms with van der Waals surface area (Å²) in [5, 5.41) is 9.11. The Kier molecular flexibility index (Phi) is 4.84. The third kappa shape index (κ3) is 3.72. The lowest BCUT2D eigenvalue weighted by atomic mass is 10.2. The van der Waals surface area contributed by atoms with Crippen molar-refractivity contribution < 1.29 is 27.9 Å². The largest absolute Gasteiger partial charge is 0.480 e. The van der Waals surface area contributed by atoms with Crippen molar-refractivity contribution >= 4 is 22.1 Å². The normalized spacial score (nSPS) is 24.7. The number of nitrogens with one attached hydrogen (secondary N) is 1. The quantitative estimate of drug-likeness (QED) is 0.623. The van der Waals surface area contributed by atoms with Gasteiger partial charge in [0.1, 0.15) is 12.1 Å². The van der Waals surface area contributed by atoms with E-state index < -0.39 is 34.2 Å². The summed E-state index contributed by atoms with van der Waals surface area (Å²) < 4.78 is 32.8. The molecular formula is C12H20N2O6S. The number of hydrogen-bond acceptors (Lipinski definition) is 5. The smallest absolute Gasteiger partial charge is 0.324 e. The third-order valence-electron chi connectivity index (χ3n) is 3.71. The predicted octanol–water partition coefficient (Wildman–Crippen LogP) is -0.288. The molecule has 8 nitrogen and oxygen atoms in total. The Labute approximate surface area is 123 Å². The van der Waals surface area contributed by atoms with E-state index >= 15 is 0 Å². The fourth-order valence-electron chi connectivity index (χ4n) is 2.51. The fourth-order valence-corrected chi connectivity index (χ4v) is 4.15. The molecule has 0 radical (unpaired) electrons. The van der Waals surface area contributed by atoms with Crippen LogP contribution in [-0.4, -0.2) is 55.0 Å². The van der Waals surface area contributed by atoms with Crippen LogP contribution in [0, 0.1) is 5.92 Å². The molecule has 0 bridgehead atoms. The Morgan fingerprint density at radius 2 is 2.05 bits per heavy atom. The van der Waals surface area contributed by atoms with Crippen molar-refractivity contribution in [1.29, 1.82) is 0 Å². The molecule has 1 aliphatic heterocycles. The number of esters is 1. The molecule has 1 heterocycles. The molecule has 0 aromatic carbocycles. The van der Waals surface area contributed by atoms with Crippen molar-refractivity contribution in [3.8, 4) is 0 Å². The van der Waals surface area contributed by atoms with E-state index in [0.29, 0.717) is 25.7 Å². The van der Waals surface area contributed by atoms with Crippen LogP contribution >= 0.6 is 0 Å². The Hall–Kier alpha value is -1.19. The topological polar surface area (TPSA) is 113 Å². The maximum atomic E-state index is 12.3. The maximum absolute atomic E-state index is 12.3. The molecule has 0 amide bonds. The Balaban J connectivity index is 2.10. The van der Waals surface area contributed by atoms with Gasteiger partial charge in [0.25, 0.3) is 10.2 Å². The Morgan fingerprint density at radius 1 is 1.38 bits per heavy atom. The highest BCUT2D eigenvalue weighted by molar-refractivity contribution is 7.87. The molecule has 0 aromatic rings. The van der Waals surface area contributed by atoms with E-state index in [1.165, 1.54) is 0 Å². The molecule has 1 aliphatic carbocycles. The van der Waals surface area contributed by atoms with Crippen molar-refractivity contribution in [2.45, 2.75) is 44.7 Å². The number of nitrogens with zero attached hydrogens (tertiary/aromatic N) is 1. The summed E-state index contributed by atoms with van der Waals surface area (Å²) in [6.45, 7) is 2.02. The second kappa shape index (κ2) is 6.29. The van der Waals surface area contributed by atoms with E-state index in [1.54, 1.807) is 6.92 Å². The van der Waals surface area contributed by atoms with Gasteiger partial charge in [-0.2, -0.15) is 17.4 Å². The van der Waals surface area contributed by atoms with Crippen molar-refractivity contribution in [2.75, 3.05) is 13.2 Å². The first kappa shape index (κ1) is 16.2. The monoisotopic (exact) mass is 320 g/mol. The summed E-state index contributed by atoms with van der Waals surface area (Å²) in [6, 6.07) is -1.99. The highest BCUT2D eigenvalue weighted by Gasteiger charge is 2.44. The van der Waals surface area contributed by atoms with Gasteiger partial charge >= 0.3 is 11.9 Å². The van der Waals surface area contributed by atoms with E-state index in [1.807, 2.05) is 0 Å². The minimum absolute atomic E-state index is 0.166. The van der Waals surface area contributed by atoms with Gasteiger partial charge in [0.15, 0.2) is 0 Å². The molecule has 1 saturated carbocycles. The highest BCUT2D eigenvalue weighted by Crippen LogP contribution is 2.33. The standard InChI is InChI=1S/C12H20N2O6S/c1-2-20-12(17)9-4-3-7-14(9)21(18,19)13-10(11(15)16)8-5-6-8/h8-10,13H,2-7H2,1H3,(H,15,16). The van der Waals surface area contributed by atoms with Gasteiger partial charge < -0.3 is 9.84 Å². The van der Waals surface area contributed by atoms with Crippen LogP contribution in [0.2, 0.25) is 0 Å². The molecule has 0 spiro atoms. The molecule has 2 unspecified atom stereocenters. The van der Waals surface area contributed by atoms with Crippen molar-refractivity contribution in [3.63, 3.8) is 0 Å². The first-order chi connectivity index (χ1) is 9.86. The van der Waals surface area contributed by atoms with Crippen molar-refractivity contribution in [2.24, 2.45) is 5.92 Å². The summed E-state index contributed by atoms with van der Waals surface area (Å²) >= 11 is 0. The van der Waals surface area contributed by atoms with Gasteiger partial charge in [0.05, 0.1) is 6.61 Å². The van der Waals surface area contributed by atoms with Gasteiger partial charge in [-0.1, -0.05) is 0 Å². The van der Waals surface area contributed by atoms with E-state index in [2.05, 4.69) is 4.72 Å². The number of ether oxygens (including phenoxy) is 1. The predicted molar refractivity (Wildman–Crippen MR) is 72.6 cm³/mol. The van der Waals surface area contributed by atoms with E-state index in [4.69, 9.17) is 9.84 Å². The van der Waals surface area contributed by atoms with E-state index in [0.717, 1.165) is 4.31 Å². The summed E-state index contributed by atoms with van der Waals surface area (Å²) in [5.74, 6) is -1.94. The van der Waals surface area contributed by atoms with E-state index in [9.17, 15) is 18.0 Å². The van der Waals surface area contributed by atoms with Gasteiger partial charge in [-0.25, -0.2) is 0 Å². The zero-order chi connectivity index (χ0) is 15.6. The maximum Gasteiger partial charge on any atom is 0.324 e. The van der Waals surface area contributed by atoms with Gasteiger partial charge in [0.2, 0.25) is 0 Å². The van der Waals surface area contributed by atoms with Crippen molar-refractivity contribution in [1.82, 2.24) is 9.03 Å². The van der Waals surface area contributed by atoms with Gasteiger partial charge in [0, 0.05) is 6.54 Å². The molecule has 0 aromatic heterocycles. The summed E-state index contributed by atoms with van der Waals surface area (Å²) in [7, 11) is -4.02. The minimum atomic E-state index is -4.02. The van der Waals surface area contributed by atoms with Crippen molar-refractivity contribution in [3.05, 3.63) is 0 Å². The average Bonchev–Trinajstić information content (AvgIpc) is 3.10. The summed E-state index contributed by atoms with van der Waals surface area (Å²) in [5.41, 5.74) is 0. The Bertz CT molecular complexity index is 516. The first-order valence-electron chi connectivity index (χ1n) is 7.05. The second-order valence-electron chi connectivity index (χ2n) is 5.30. The minimum Gasteiger partial charge on any atom is -0.480 e. The number of carbonyl (C=O) groups is 2. The van der Waals surface area contributed by atoms with Crippen LogP contribution in [-0.2, 0) is 24.5 Å². The number of carboxylic acids is 1. The third-order valence-corrected chi connectivity index (χ3v) is 5.31. The van der Waals surface area contributed by atoms with Gasteiger partial charge in [-0.05, 0) is 38.5 Å². The van der Waals surface area contributed by atoms with Crippen LogP contribution in [0.15, 0.2) is 0 Å². The number of aliphatic carboxylic acids is 1. The number of rotatable bonds is 7. The Morgan fingerprint density at radius 3 is 2.57 bits per heavy atom.